The highest BCUT2D eigenvalue weighted by atomic mass is 16.2. The minimum Gasteiger partial charge on any atom is -0.357 e. The van der Waals surface area contributed by atoms with E-state index in [0.29, 0.717) is 17.5 Å². The lowest BCUT2D eigenvalue weighted by Crippen LogP contribution is -2.43. The van der Waals surface area contributed by atoms with Gasteiger partial charge in [-0.05, 0) is 37.5 Å². The molecule has 22 heavy (non-hydrogen) atoms. The number of hydrogen-bond donors (Lipinski definition) is 0. The third-order valence-corrected chi connectivity index (χ3v) is 4.71. The van der Waals surface area contributed by atoms with Crippen LogP contribution in [-0.4, -0.2) is 47.0 Å². The predicted molar refractivity (Wildman–Crippen MR) is 86.9 cm³/mol. The maximum Gasteiger partial charge on any atom is 0.272 e. The van der Waals surface area contributed by atoms with Crippen LogP contribution >= 0.6 is 0 Å². The molecule has 5 nitrogen and oxygen atoms in total. The first-order valence-corrected chi connectivity index (χ1v) is 8.49. The second-order valence-corrected chi connectivity index (χ2v) is 6.97. The van der Waals surface area contributed by atoms with Crippen LogP contribution in [0.15, 0.2) is 12.4 Å². The van der Waals surface area contributed by atoms with E-state index in [1.54, 1.807) is 0 Å². The van der Waals surface area contributed by atoms with Crippen molar-refractivity contribution in [1.82, 2.24) is 14.9 Å². The summed E-state index contributed by atoms with van der Waals surface area (Å²) >= 11 is 0. The summed E-state index contributed by atoms with van der Waals surface area (Å²) in [5.41, 5.74) is 0.539. The van der Waals surface area contributed by atoms with Crippen molar-refractivity contribution in [3.63, 3.8) is 0 Å². The smallest absolute Gasteiger partial charge is 0.272 e. The predicted octanol–water partition coefficient (Wildman–Crippen LogP) is 2.59. The Labute approximate surface area is 132 Å². The fourth-order valence-corrected chi connectivity index (χ4v) is 3.75. The van der Waals surface area contributed by atoms with Gasteiger partial charge in [-0.1, -0.05) is 13.8 Å². The minimum atomic E-state index is 0.0547. The number of carbonyl (C=O) groups excluding carboxylic acids is 1. The van der Waals surface area contributed by atoms with Gasteiger partial charge in [0.1, 0.15) is 17.8 Å². The van der Waals surface area contributed by atoms with Crippen molar-refractivity contribution < 1.29 is 4.79 Å². The molecule has 1 aromatic rings. The zero-order chi connectivity index (χ0) is 15.5. The van der Waals surface area contributed by atoms with Gasteiger partial charge in [0.05, 0.1) is 0 Å². The van der Waals surface area contributed by atoms with Gasteiger partial charge in [0, 0.05) is 32.2 Å². The molecule has 2 unspecified atom stereocenters. The second kappa shape index (κ2) is 6.63. The SMILES string of the molecule is CC1CC(C)CN(C(=O)c2cc(N3CCCCC3)ncn2)C1. The van der Waals surface area contributed by atoms with Crippen LogP contribution in [-0.2, 0) is 0 Å². The van der Waals surface area contributed by atoms with Crippen LogP contribution in [0.3, 0.4) is 0 Å². The van der Waals surface area contributed by atoms with Crippen LogP contribution in [0, 0.1) is 11.8 Å². The zero-order valence-corrected chi connectivity index (χ0v) is 13.7. The number of rotatable bonds is 2. The third kappa shape index (κ3) is 3.39. The molecule has 0 aromatic carbocycles. The molecular weight excluding hydrogens is 276 g/mol. The van der Waals surface area contributed by atoms with E-state index in [0.717, 1.165) is 32.0 Å². The van der Waals surface area contributed by atoms with Gasteiger partial charge in [-0.25, -0.2) is 9.97 Å². The summed E-state index contributed by atoms with van der Waals surface area (Å²) in [7, 11) is 0. The van der Waals surface area contributed by atoms with Crippen molar-refractivity contribution >= 4 is 11.7 Å². The van der Waals surface area contributed by atoms with Gasteiger partial charge in [0.15, 0.2) is 0 Å². The summed E-state index contributed by atoms with van der Waals surface area (Å²) in [5, 5.41) is 0. The van der Waals surface area contributed by atoms with Crippen LogP contribution in [0.5, 0.6) is 0 Å². The molecule has 2 atom stereocenters. The molecule has 1 amide bonds. The minimum absolute atomic E-state index is 0.0547. The van der Waals surface area contributed by atoms with E-state index in [9.17, 15) is 4.79 Å². The lowest BCUT2D eigenvalue weighted by molar-refractivity contribution is 0.0617. The number of piperidine rings is 2. The molecule has 2 aliphatic heterocycles. The number of anilines is 1. The van der Waals surface area contributed by atoms with E-state index >= 15 is 0 Å². The van der Waals surface area contributed by atoms with Crippen molar-refractivity contribution in [2.24, 2.45) is 11.8 Å². The van der Waals surface area contributed by atoms with E-state index in [1.165, 1.54) is 32.0 Å². The molecular formula is C17H26N4O. The Morgan fingerprint density at radius 1 is 1.09 bits per heavy atom. The molecule has 0 saturated carbocycles. The highest BCUT2D eigenvalue weighted by molar-refractivity contribution is 5.93. The molecule has 1 aromatic heterocycles. The topological polar surface area (TPSA) is 49.3 Å². The monoisotopic (exact) mass is 302 g/mol. The van der Waals surface area contributed by atoms with Gasteiger partial charge in [-0.3, -0.25) is 4.79 Å². The normalized spacial score (nSPS) is 26.1. The van der Waals surface area contributed by atoms with Crippen LogP contribution in [0.1, 0.15) is 50.0 Å². The summed E-state index contributed by atoms with van der Waals surface area (Å²) in [6.07, 6.45) is 6.43. The molecule has 2 saturated heterocycles. The molecule has 120 valence electrons. The Bertz CT molecular complexity index is 517. The Morgan fingerprint density at radius 3 is 2.45 bits per heavy atom. The summed E-state index contributed by atoms with van der Waals surface area (Å²) in [5.74, 6) is 2.09. The maximum atomic E-state index is 12.7. The van der Waals surface area contributed by atoms with Gasteiger partial charge in [0.25, 0.3) is 5.91 Å². The first-order chi connectivity index (χ1) is 10.6. The van der Waals surface area contributed by atoms with E-state index in [1.807, 2.05) is 11.0 Å². The van der Waals surface area contributed by atoms with Crippen molar-refractivity contribution in [1.29, 1.82) is 0 Å². The first-order valence-electron chi connectivity index (χ1n) is 8.49. The Balaban J connectivity index is 1.74. The van der Waals surface area contributed by atoms with Crippen LogP contribution in [0.2, 0.25) is 0 Å². The number of likely N-dealkylation sites (tertiary alicyclic amines) is 1. The zero-order valence-electron chi connectivity index (χ0n) is 13.7. The molecule has 2 fully saturated rings. The van der Waals surface area contributed by atoms with Crippen molar-refractivity contribution in [3.8, 4) is 0 Å². The van der Waals surface area contributed by atoms with Gasteiger partial charge in [-0.15, -0.1) is 0 Å². The Hall–Kier alpha value is -1.65. The van der Waals surface area contributed by atoms with E-state index < -0.39 is 0 Å². The highest BCUT2D eigenvalue weighted by Gasteiger charge is 2.27. The maximum absolute atomic E-state index is 12.7. The third-order valence-electron chi connectivity index (χ3n) is 4.71. The second-order valence-electron chi connectivity index (χ2n) is 6.97. The van der Waals surface area contributed by atoms with E-state index in [4.69, 9.17) is 0 Å². The molecule has 0 bridgehead atoms. The number of hydrogen-bond acceptors (Lipinski definition) is 4. The fraction of sp³-hybridized carbons (Fsp3) is 0.706. The Kier molecular flexibility index (Phi) is 4.60. The molecule has 2 aliphatic rings. The van der Waals surface area contributed by atoms with Gasteiger partial charge < -0.3 is 9.80 Å². The van der Waals surface area contributed by atoms with Gasteiger partial charge in [0.2, 0.25) is 0 Å². The van der Waals surface area contributed by atoms with Crippen molar-refractivity contribution in [3.05, 3.63) is 18.1 Å². The first kappa shape index (κ1) is 15.3. The molecule has 0 radical (unpaired) electrons. The van der Waals surface area contributed by atoms with Crippen LogP contribution < -0.4 is 4.90 Å². The molecule has 5 heteroatoms. The number of aromatic nitrogens is 2. The van der Waals surface area contributed by atoms with E-state index in [-0.39, 0.29) is 5.91 Å². The largest absolute Gasteiger partial charge is 0.357 e. The summed E-state index contributed by atoms with van der Waals surface area (Å²) in [4.78, 5) is 25.6. The molecule has 3 rings (SSSR count). The number of carbonyl (C=O) groups is 1. The van der Waals surface area contributed by atoms with Crippen molar-refractivity contribution in [2.45, 2.75) is 39.5 Å². The van der Waals surface area contributed by atoms with Crippen LogP contribution in [0.4, 0.5) is 5.82 Å². The molecule has 0 N–H and O–H groups in total. The van der Waals surface area contributed by atoms with E-state index in [2.05, 4.69) is 28.7 Å². The van der Waals surface area contributed by atoms with Gasteiger partial charge in [-0.2, -0.15) is 0 Å². The van der Waals surface area contributed by atoms with Crippen molar-refractivity contribution in [2.75, 3.05) is 31.1 Å². The summed E-state index contributed by atoms with van der Waals surface area (Å²) in [6, 6.07) is 1.87. The summed E-state index contributed by atoms with van der Waals surface area (Å²) in [6.45, 7) is 8.17. The number of nitrogens with zero attached hydrogens (tertiary/aromatic N) is 4. The van der Waals surface area contributed by atoms with Crippen LogP contribution in [0.25, 0.3) is 0 Å². The molecule has 0 aliphatic carbocycles. The summed E-state index contributed by atoms with van der Waals surface area (Å²) < 4.78 is 0. The highest BCUT2D eigenvalue weighted by Crippen LogP contribution is 2.23. The molecule has 0 spiro atoms. The Morgan fingerprint density at radius 2 is 1.77 bits per heavy atom. The average molecular weight is 302 g/mol. The quantitative estimate of drug-likeness (QED) is 0.842. The lowest BCUT2D eigenvalue weighted by atomic mass is 9.92. The average Bonchev–Trinajstić information content (AvgIpc) is 2.54. The van der Waals surface area contributed by atoms with Gasteiger partial charge >= 0.3 is 0 Å². The fourth-order valence-electron chi connectivity index (χ4n) is 3.75. The molecule has 3 heterocycles. The standard InChI is InChI=1S/C17H26N4O/c1-13-8-14(2)11-21(10-13)17(22)15-9-16(19-12-18-15)20-6-4-3-5-7-20/h9,12-14H,3-8,10-11H2,1-2H3. The number of amides is 1. The lowest BCUT2D eigenvalue weighted by Gasteiger charge is -2.35.